The van der Waals surface area contributed by atoms with Gasteiger partial charge in [-0.25, -0.2) is 4.98 Å². The Kier molecular flexibility index (Phi) is 5.08. The first kappa shape index (κ1) is 18.7. The van der Waals surface area contributed by atoms with Crippen LogP contribution in [0.25, 0.3) is 21.8 Å². The zero-order valence-electron chi connectivity index (χ0n) is 16.9. The Balaban J connectivity index is 1.47. The SMILES string of the molecule is N#Cc1ccc2[nH]c(NC(Cc3cccc4ccccc34)C3CCNCC3)nc2c1. The Morgan fingerprint density at radius 2 is 1.90 bits per heavy atom. The highest BCUT2D eigenvalue weighted by Gasteiger charge is 2.25. The quantitative estimate of drug-likeness (QED) is 0.461. The number of nitriles is 1. The van der Waals surface area contributed by atoms with Crippen molar-refractivity contribution in [2.45, 2.75) is 25.3 Å². The standard InChI is InChI=1S/C25H25N5/c26-16-17-8-9-22-24(14-17)30-25(28-22)29-23(19-10-12-27-13-11-19)15-20-6-3-5-18-4-1-2-7-21(18)20/h1-9,14,19,23,27H,10-13,15H2,(H2,28,29,30). The van der Waals surface area contributed by atoms with Gasteiger partial charge < -0.3 is 15.6 Å². The van der Waals surface area contributed by atoms with Gasteiger partial charge in [-0.1, -0.05) is 42.5 Å². The third-order valence-electron chi connectivity index (χ3n) is 6.21. The van der Waals surface area contributed by atoms with Crippen LogP contribution in [0.1, 0.15) is 24.0 Å². The van der Waals surface area contributed by atoms with Gasteiger partial charge in [-0.2, -0.15) is 5.26 Å². The summed E-state index contributed by atoms with van der Waals surface area (Å²) in [7, 11) is 0. The number of hydrogen-bond acceptors (Lipinski definition) is 4. The van der Waals surface area contributed by atoms with Crippen LogP contribution in [0, 0.1) is 17.2 Å². The van der Waals surface area contributed by atoms with E-state index in [0.717, 1.165) is 49.3 Å². The molecule has 1 aromatic heterocycles. The summed E-state index contributed by atoms with van der Waals surface area (Å²) in [5.41, 5.74) is 3.77. The maximum absolute atomic E-state index is 9.16. The van der Waals surface area contributed by atoms with Gasteiger partial charge >= 0.3 is 0 Å². The number of hydrogen-bond donors (Lipinski definition) is 3. The lowest BCUT2D eigenvalue weighted by atomic mass is 9.85. The van der Waals surface area contributed by atoms with Crippen LogP contribution in [0.4, 0.5) is 5.95 Å². The number of fused-ring (bicyclic) bond motifs is 2. The van der Waals surface area contributed by atoms with Crippen LogP contribution in [0.2, 0.25) is 0 Å². The van der Waals surface area contributed by atoms with Crippen molar-refractivity contribution in [3.05, 3.63) is 71.8 Å². The molecule has 1 fully saturated rings. The maximum atomic E-state index is 9.16. The number of nitrogens with zero attached hydrogens (tertiary/aromatic N) is 2. The van der Waals surface area contributed by atoms with Gasteiger partial charge in [-0.15, -0.1) is 0 Å². The summed E-state index contributed by atoms with van der Waals surface area (Å²) in [6.07, 6.45) is 3.26. The number of anilines is 1. The Morgan fingerprint density at radius 1 is 1.07 bits per heavy atom. The number of nitrogens with one attached hydrogen (secondary N) is 3. The topological polar surface area (TPSA) is 76.5 Å². The number of aromatic nitrogens is 2. The molecule has 5 heteroatoms. The fourth-order valence-electron chi connectivity index (χ4n) is 4.61. The maximum Gasteiger partial charge on any atom is 0.201 e. The first-order chi connectivity index (χ1) is 14.8. The molecule has 2 heterocycles. The smallest absolute Gasteiger partial charge is 0.201 e. The molecule has 1 aliphatic rings. The van der Waals surface area contributed by atoms with Gasteiger partial charge in [0.15, 0.2) is 0 Å². The minimum atomic E-state index is 0.286. The van der Waals surface area contributed by atoms with Gasteiger partial charge in [0.25, 0.3) is 0 Å². The molecule has 150 valence electrons. The molecule has 1 unspecified atom stereocenters. The monoisotopic (exact) mass is 395 g/mol. The number of rotatable bonds is 5. The molecule has 1 saturated heterocycles. The van der Waals surface area contributed by atoms with E-state index in [1.165, 1.54) is 16.3 Å². The minimum absolute atomic E-state index is 0.286. The van der Waals surface area contributed by atoms with Crippen LogP contribution in [-0.4, -0.2) is 29.1 Å². The minimum Gasteiger partial charge on any atom is -0.352 e. The van der Waals surface area contributed by atoms with E-state index < -0.39 is 0 Å². The lowest BCUT2D eigenvalue weighted by molar-refractivity contribution is 0.329. The molecule has 0 radical (unpaired) electrons. The number of imidazole rings is 1. The van der Waals surface area contributed by atoms with Crippen molar-refractivity contribution in [3.8, 4) is 6.07 Å². The predicted molar refractivity (Wildman–Crippen MR) is 121 cm³/mol. The second-order valence-electron chi connectivity index (χ2n) is 8.11. The lowest BCUT2D eigenvalue weighted by Gasteiger charge is -2.31. The second-order valence-corrected chi connectivity index (χ2v) is 8.11. The van der Waals surface area contributed by atoms with E-state index in [9.17, 15) is 0 Å². The largest absolute Gasteiger partial charge is 0.352 e. The zero-order valence-corrected chi connectivity index (χ0v) is 16.9. The highest BCUT2D eigenvalue weighted by molar-refractivity contribution is 5.85. The fraction of sp³-hybridized carbons (Fsp3) is 0.280. The van der Waals surface area contributed by atoms with Crippen molar-refractivity contribution < 1.29 is 0 Å². The van der Waals surface area contributed by atoms with E-state index in [4.69, 9.17) is 10.2 Å². The molecule has 0 aliphatic carbocycles. The molecule has 3 aromatic carbocycles. The van der Waals surface area contributed by atoms with Crippen molar-refractivity contribution in [3.63, 3.8) is 0 Å². The van der Waals surface area contributed by atoms with E-state index in [1.807, 2.05) is 18.2 Å². The van der Waals surface area contributed by atoms with Gasteiger partial charge in [0.05, 0.1) is 22.7 Å². The van der Waals surface area contributed by atoms with Crippen LogP contribution < -0.4 is 10.6 Å². The molecule has 5 nitrogen and oxygen atoms in total. The molecule has 1 atom stereocenters. The molecule has 3 N–H and O–H groups in total. The van der Waals surface area contributed by atoms with E-state index in [1.54, 1.807) is 0 Å². The molecule has 0 amide bonds. The summed E-state index contributed by atoms with van der Waals surface area (Å²) >= 11 is 0. The fourth-order valence-corrected chi connectivity index (χ4v) is 4.61. The highest BCUT2D eigenvalue weighted by Crippen LogP contribution is 2.27. The van der Waals surface area contributed by atoms with Crippen molar-refractivity contribution in [2.24, 2.45) is 5.92 Å². The zero-order chi connectivity index (χ0) is 20.3. The summed E-state index contributed by atoms with van der Waals surface area (Å²) in [4.78, 5) is 8.12. The summed E-state index contributed by atoms with van der Waals surface area (Å²) < 4.78 is 0. The van der Waals surface area contributed by atoms with Crippen molar-refractivity contribution >= 4 is 27.8 Å². The van der Waals surface area contributed by atoms with Gasteiger partial charge in [0.2, 0.25) is 5.95 Å². The first-order valence-corrected chi connectivity index (χ1v) is 10.6. The summed E-state index contributed by atoms with van der Waals surface area (Å²) in [6, 6.07) is 23.2. The molecule has 5 rings (SSSR count). The average Bonchev–Trinajstić information content (AvgIpc) is 3.21. The molecular formula is C25H25N5. The Labute approximate surface area is 176 Å². The summed E-state index contributed by atoms with van der Waals surface area (Å²) in [5, 5.41) is 19.0. The van der Waals surface area contributed by atoms with Crippen LogP contribution in [0.3, 0.4) is 0 Å². The number of H-pyrrole nitrogens is 1. The Hall–Kier alpha value is -3.36. The van der Waals surface area contributed by atoms with Crippen molar-refractivity contribution in [2.75, 3.05) is 18.4 Å². The third-order valence-corrected chi connectivity index (χ3v) is 6.21. The van der Waals surface area contributed by atoms with Crippen LogP contribution in [-0.2, 0) is 6.42 Å². The molecule has 1 aliphatic heterocycles. The van der Waals surface area contributed by atoms with E-state index in [2.05, 4.69) is 64.2 Å². The molecular weight excluding hydrogens is 370 g/mol. The Morgan fingerprint density at radius 3 is 2.77 bits per heavy atom. The first-order valence-electron chi connectivity index (χ1n) is 10.6. The van der Waals surface area contributed by atoms with Crippen molar-refractivity contribution in [1.29, 1.82) is 5.26 Å². The predicted octanol–water partition coefficient (Wildman–Crippen LogP) is 4.61. The van der Waals surface area contributed by atoms with E-state index in [-0.39, 0.29) is 6.04 Å². The summed E-state index contributed by atoms with van der Waals surface area (Å²) in [6.45, 7) is 2.12. The van der Waals surface area contributed by atoms with E-state index >= 15 is 0 Å². The number of piperidine rings is 1. The molecule has 0 saturated carbocycles. The van der Waals surface area contributed by atoms with Gasteiger partial charge in [-0.3, -0.25) is 0 Å². The van der Waals surface area contributed by atoms with Gasteiger partial charge in [0, 0.05) is 6.04 Å². The molecule has 0 bridgehead atoms. The van der Waals surface area contributed by atoms with Gasteiger partial charge in [-0.05, 0) is 72.8 Å². The molecule has 4 aromatic rings. The average molecular weight is 396 g/mol. The molecule has 30 heavy (non-hydrogen) atoms. The van der Waals surface area contributed by atoms with Gasteiger partial charge in [0.1, 0.15) is 0 Å². The highest BCUT2D eigenvalue weighted by atomic mass is 15.1. The van der Waals surface area contributed by atoms with Crippen LogP contribution in [0.5, 0.6) is 0 Å². The second kappa shape index (κ2) is 8.17. The van der Waals surface area contributed by atoms with E-state index in [0.29, 0.717) is 11.5 Å². The summed E-state index contributed by atoms with van der Waals surface area (Å²) in [5.74, 6) is 1.36. The van der Waals surface area contributed by atoms with Crippen LogP contribution >= 0.6 is 0 Å². The Bertz CT molecular complexity index is 1210. The number of aromatic amines is 1. The molecule has 0 spiro atoms. The normalized spacial score (nSPS) is 15.8. The van der Waals surface area contributed by atoms with Crippen molar-refractivity contribution in [1.82, 2.24) is 15.3 Å². The third kappa shape index (κ3) is 3.74. The number of benzene rings is 3. The lowest BCUT2D eigenvalue weighted by Crippen LogP contribution is -2.39. The van der Waals surface area contributed by atoms with Crippen LogP contribution in [0.15, 0.2) is 60.7 Å².